The molecule has 3 nitrogen and oxygen atoms in total. The summed E-state index contributed by atoms with van der Waals surface area (Å²) in [5.74, 6) is 0. The quantitative estimate of drug-likeness (QED) is 0.587. The number of nitrogens with one attached hydrogen (secondary N) is 1. The third-order valence-corrected chi connectivity index (χ3v) is 1.80. The van der Waals surface area contributed by atoms with Crippen molar-refractivity contribution < 1.29 is 0 Å². The Labute approximate surface area is 67.0 Å². The second-order valence-corrected chi connectivity index (χ2v) is 2.91. The van der Waals surface area contributed by atoms with E-state index in [-0.39, 0.29) is 0 Å². The van der Waals surface area contributed by atoms with Crippen LogP contribution in [0.15, 0.2) is 0 Å². The smallest absolute Gasteiger partial charge is 0.184 e. The minimum absolute atomic E-state index is 0.851. The number of hydrogen-bond donors (Lipinski definition) is 1. The number of nitrogens with zero attached hydrogens (tertiary/aromatic N) is 2. The Kier molecular flexibility index (Phi) is 2.45. The Morgan fingerprint density at radius 1 is 1.70 bits per heavy atom. The van der Waals surface area contributed by atoms with Crippen LogP contribution in [-0.4, -0.2) is 35.3 Å². The van der Waals surface area contributed by atoms with Gasteiger partial charge in [0, 0.05) is 13.6 Å². The maximum atomic E-state index is 5.06. The Morgan fingerprint density at radius 3 is 2.80 bits per heavy atom. The average Bonchev–Trinajstić information content (AvgIpc) is 2.13. The fourth-order valence-electron chi connectivity index (χ4n) is 1.03. The van der Waals surface area contributed by atoms with Crippen molar-refractivity contribution in [3.63, 3.8) is 0 Å². The highest BCUT2D eigenvalue weighted by Gasteiger charge is 2.18. The van der Waals surface area contributed by atoms with Gasteiger partial charge in [-0.05, 0) is 18.6 Å². The molecular weight excluding hydrogens is 146 g/mol. The molecule has 1 saturated heterocycles. The van der Waals surface area contributed by atoms with E-state index in [1.165, 1.54) is 0 Å². The molecule has 0 saturated carbocycles. The van der Waals surface area contributed by atoms with Gasteiger partial charge < -0.3 is 4.90 Å². The van der Waals surface area contributed by atoms with Gasteiger partial charge in [0.05, 0.1) is 6.67 Å². The Bertz CT molecular complexity index is 137. The standard InChI is InChI=1S/C6H13N3S/c1-3-4-9-5-8(2)7-6(9)10/h3-5H2,1-2H3,(H,7,10). The maximum absolute atomic E-state index is 5.06. The van der Waals surface area contributed by atoms with E-state index < -0.39 is 0 Å². The summed E-state index contributed by atoms with van der Waals surface area (Å²) in [5.41, 5.74) is 3.04. The molecule has 1 heterocycles. The van der Waals surface area contributed by atoms with Crippen LogP contribution in [0.25, 0.3) is 0 Å². The van der Waals surface area contributed by atoms with Gasteiger partial charge >= 0.3 is 0 Å². The van der Waals surface area contributed by atoms with Gasteiger partial charge in [-0.25, -0.2) is 5.01 Å². The van der Waals surface area contributed by atoms with Crippen molar-refractivity contribution in [2.24, 2.45) is 0 Å². The molecule has 0 aromatic carbocycles. The average molecular weight is 159 g/mol. The van der Waals surface area contributed by atoms with Gasteiger partial charge in [-0.2, -0.15) is 0 Å². The van der Waals surface area contributed by atoms with Gasteiger partial charge in [0.15, 0.2) is 5.11 Å². The van der Waals surface area contributed by atoms with E-state index in [9.17, 15) is 0 Å². The summed E-state index contributed by atoms with van der Waals surface area (Å²) in [7, 11) is 1.99. The molecule has 0 radical (unpaired) electrons. The van der Waals surface area contributed by atoms with Gasteiger partial charge in [0.1, 0.15) is 0 Å². The normalized spacial score (nSPS) is 19.8. The zero-order valence-corrected chi connectivity index (χ0v) is 7.24. The third-order valence-electron chi connectivity index (χ3n) is 1.45. The monoisotopic (exact) mass is 159 g/mol. The molecule has 0 aromatic heterocycles. The predicted molar refractivity (Wildman–Crippen MR) is 45.4 cm³/mol. The van der Waals surface area contributed by atoms with E-state index in [1.54, 1.807) is 0 Å². The largest absolute Gasteiger partial charge is 0.334 e. The van der Waals surface area contributed by atoms with Crippen molar-refractivity contribution in [3.8, 4) is 0 Å². The van der Waals surface area contributed by atoms with E-state index >= 15 is 0 Å². The number of hydrazine groups is 1. The van der Waals surface area contributed by atoms with Crippen molar-refractivity contribution in [1.82, 2.24) is 15.3 Å². The molecule has 0 amide bonds. The minimum atomic E-state index is 0.851. The summed E-state index contributed by atoms with van der Waals surface area (Å²) in [4.78, 5) is 2.15. The molecule has 10 heavy (non-hydrogen) atoms. The summed E-state index contributed by atoms with van der Waals surface area (Å²) in [5, 5.41) is 2.84. The van der Waals surface area contributed by atoms with Crippen molar-refractivity contribution in [2.45, 2.75) is 13.3 Å². The second kappa shape index (κ2) is 3.16. The maximum Gasteiger partial charge on any atom is 0.184 e. The van der Waals surface area contributed by atoms with E-state index in [4.69, 9.17) is 12.2 Å². The Hall–Kier alpha value is -0.350. The molecule has 0 atom stereocenters. The molecule has 0 aliphatic carbocycles. The first-order valence-electron chi connectivity index (χ1n) is 3.50. The molecule has 1 fully saturated rings. The van der Waals surface area contributed by atoms with Crippen molar-refractivity contribution >= 4 is 17.3 Å². The molecule has 1 rings (SSSR count). The highest BCUT2D eigenvalue weighted by Crippen LogP contribution is 2.00. The third kappa shape index (κ3) is 1.58. The number of hydrogen-bond acceptors (Lipinski definition) is 2. The van der Waals surface area contributed by atoms with E-state index in [0.717, 1.165) is 24.7 Å². The molecule has 0 spiro atoms. The van der Waals surface area contributed by atoms with Crippen LogP contribution in [0.3, 0.4) is 0 Å². The summed E-state index contributed by atoms with van der Waals surface area (Å²) >= 11 is 5.06. The fraction of sp³-hybridized carbons (Fsp3) is 0.833. The Balaban J connectivity index is 2.39. The van der Waals surface area contributed by atoms with Gasteiger partial charge in [0.25, 0.3) is 0 Å². The molecule has 0 unspecified atom stereocenters. The van der Waals surface area contributed by atoms with Crippen LogP contribution in [0.4, 0.5) is 0 Å². The molecule has 0 aromatic rings. The van der Waals surface area contributed by atoms with Crippen molar-refractivity contribution in [1.29, 1.82) is 0 Å². The zero-order valence-electron chi connectivity index (χ0n) is 6.42. The second-order valence-electron chi connectivity index (χ2n) is 2.52. The van der Waals surface area contributed by atoms with Gasteiger partial charge in [-0.1, -0.05) is 6.92 Å². The highest BCUT2D eigenvalue weighted by atomic mass is 32.1. The lowest BCUT2D eigenvalue weighted by Crippen LogP contribution is -2.29. The van der Waals surface area contributed by atoms with Crippen LogP contribution in [0.2, 0.25) is 0 Å². The molecular formula is C6H13N3S. The molecule has 4 heteroatoms. The highest BCUT2D eigenvalue weighted by molar-refractivity contribution is 7.80. The molecule has 58 valence electrons. The molecule has 1 aliphatic heterocycles. The van der Waals surface area contributed by atoms with Gasteiger partial charge in [0.2, 0.25) is 0 Å². The SMILES string of the molecule is CCCN1CN(C)NC1=S. The van der Waals surface area contributed by atoms with Crippen molar-refractivity contribution in [3.05, 3.63) is 0 Å². The van der Waals surface area contributed by atoms with E-state index in [0.29, 0.717) is 0 Å². The van der Waals surface area contributed by atoms with Crippen LogP contribution in [0.1, 0.15) is 13.3 Å². The summed E-state index contributed by atoms with van der Waals surface area (Å²) in [6, 6.07) is 0. The predicted octanol–water partition coefficient (Wildman–Crippen LogP) is 0.391. The zero-order chi connectivity index (χ0) is 7.56. The van der Waals surface area contributed by atoms with Crippen LogP contribution in [0.5, 0.6) is 0 Å². The van der Waals surface area contributed by atoms with E-state index in [1.807, 2.05) is 12.1 Å². The lowest BCUT2D eigenvalue weighted by molar-refractivity contribution is 0.264. The topological polar surface area (TPSA) is 18.5 Å². The first-order chi connectivity index (χ1) is 4.74. The van der Waals surface area contributed by atoms with E-state index in [2.05, 4.69) is 17.2 Å². The number of thiocarbonyl (C=S) groups is 1. The molecule has 1 aliphatic rings. The first-order valence-corrected chi connectivity index (χ1v) is 3.91. The van der Waals surface area contributed by atoms with Crippen LogP contribution < -0.4 is 5.43 Å². The lowest BCUT2D eigenvalue weighted by Gasteiger charge is -2.13. The minimum Gasteiger partial charge on any atom is -0.334 e. The van der Waals surface area contributed by atoms with Crippen LogP contribution in [0, 0.1) is 0 Å². The summed E-state index contributed by atoms with van der Waals surface area (Å²) in [6.45, 7) is 4.11. The Morgan fingerprint density at radius 2 is 2.40 bits per heavy atom. The molecule has 1 N–H and O–H groups in total. The fourth-order valence-corrected chi connectivity index (χ4v) is 1.34. The molecule has 0 bridgehead atoms. The van der Waals surface area contributed by atoms with Gasteiger partial charge in [-0.3, -0.25) is 5.43 Å². The lowest BCUT2D eigenvalue weighted by atomic mass is 10.4. The summed E-state index contributed by atoms with van der Waals surface area (Å²) in [6.07, 6.45) is 1.15. The van der Waals surface area contributed by atoms with Crippen LogP contribution >= 0.6 is 12.2 Å². The summed E-state index contributed by atoms with van der Waals surface area (Å²) < 4.78 is 0. The first kappa shape index (κ1) is 7.75. The van der Waals surface area contributed by atoms with Crippen LogP contribution in [-0.2, 0) is 0 Å². The van der Waals surface area contributed by atoms with Gasteiger partial charge in [-0.15, -0.1) is 0 Å². The number of rotatable bonds is 2. The van der Waals surface area contributed by atoms with Crippen molar-refractivity contribution in [2.75, 3.05) is 20.3 Å².